The number of carbonyl (C=O) groups excluding carboxylic acids is 1. The Morgan fingerprint density at radius 3 is 2.35 bits per heavy atom. The van der Waals surface area contributed by atoms with Crippen LogP contribution in [0, 0.1) is 12.3 Å². The summed E-state index contributed by atoms with van der Waals surface area (Å²) in [6.45, 7) is 8.10. The summed E-state index contributed by atoms with van der Waals surface area (Å²) in [7, 11) is 1.60. The molecule has 1 unspecified atom stereocenters. The van der Waals surface area contributed by atoms with Crippen LogP contribution in [0.1, 0.15) is 31.9 Å². The number of carbonyl (C=O) groups is 1. The van der Waals surface area contributed by atoms with Gasteiger partial charge < -0.3 is 4.74 Å². The molecular weight excluding hydrogens is 212 g/mol. The third-order valence-electron chi connectivity index (χ3n) is 2.94. The van der Waals surface area contributed by atoms with Crippen LogP contribution in [-0.4, -0.2) is 19.0 Å². The smallest absolute Gasteiger partial charge is 0.166 e. The Bertz CT molecular complexity index is 388. The Kier molecular flexibility index (Phi) is 4.47. The fourth-order valence-corrected chi connectivity index (χ4v) is 2.06. The molecule has 17 heavy (non-hydrogen) atoms. The Morgan fingerprint density at radius 2 is 1.88 bits per heavy atom. The van der Waals surface area contributed by atoms with E-state index in [4.69, 9.17) is 4.74 Å². The van der Waals surface area contributed by atoms with E-state index in [0.29, 0.717) is 6.42 Å². The zero-order valence-electron chi connectivity index (χ0n) is 11.4. The van der Waals surface area contributed by atoms with Crippen molar-refractivity contribution in [3.63, 3.8) is 0 Å². The summed E-state index contributed by atoms with van der Waals surface area (Å²) in [6, 6.07) is 7.99. The maximum atomic E-state index is 12.2. The Morgan fingerprint density at radius 1 is 1.29 bits per heavy atom. The van der Waals surface area contributed by atoms with Crippen LogP contribution in [0.2, 0.25) is 0 Å². The van der Waals surface area contributed by atoms with Gasteiger partial charge in [-0.3, -0.25) is 4.79 Å². The highest BCUT2D eigenvalue weighted by Gasteiger charge is 2.30. The largest absolute Gasteiger partial charge is 0.373 e. The van der Waals surface area contributed by atoms with Crippen LogP contribution in [0.4, 0.5) is 0 Å². The molecule has 1 aromatic carbocycles. The number of rotatable bonds is 4. The minimum absolute atomic E-state index is 0.148. The van der Waals surface area contributed by atoms with Gasteiger partial charge in [0.2, 0.25) is 0 Å². The number of benzene rings is 1. The Balaban J connectivity index is 2.82. The van der Waals surface area contributed by atoms with E-state index in [-0.39, 0.29) is 17.3 Å². The van der Waals surface area contributed by atoms with Crippen molar-refractivity contribution < 1.29 is 9.53 Å². The zero-order valence-corrected chi connectivity index (χ0v) is 11.4. The van der Waals surface area contributed by atoms with Gasteiger partial charge >= 0.3 is 0 Å². The first-order chi connectivity index (χ1) is 7.86. The summed E-state index contributed by atoms with van der Waals surface area (Å²) >= 11 is 0. The average molecular weight is 234 g/mol. The van der Waals surface area contributed by atoms with Crippen molar-refractivity contribution in [2.45, 2.75) is 40.2 Å². The Labute approximate surface area is 104 Å². The van der Waals surface area contributed by atoms with Gasteiger partial charge in [0.15, 0.2) is 5.78 Å². The van der Waals surface area contributed by atoms with E-state index in [1.54, 1.807) is 7.11 Å². The molecule has 1 aromatic rings. The molecule has 0 fully saturated rings. The monoisotopic (exact) mass is 234 g/mol. The molecule has 0 N–H and O–H groups in total. The van der Waals surface area contributed by atoms with E-state index >= 15 is 0 Å². The minimum atomic E-state index is -0.345. The molecule has 0 aliphatic rings. The minimum Gasteiger partial charge on any atom is -0.373 e. The van der Waals surface area contributed by atoms with E-state index in [2.05, 4.69) is 0 Å². The van der Waals surface area contributed by atoms with Crippen LogP contribution in [0.3, 0.4) is 0 Å². The maximum Gasteiger partial charge on any atom is 0.166 e. The molecule has 0 saturated heterocycles. The van der Waals surface area contributed by atoms with E-state index in [9.17, 15) is 4.79 Å². The number of methoxy groups -OCH3 is 1. The van der Waals surface area contributed by atoms with Gasteiger partial charge in [0.25, 0.3) is 0 Å². The SMILES string of the molecule is COC(C(=O)Cc1ccccc1C)C(C)(C)C. The van der Waals surface area contributed by atoms with Gasteiger partial charge in [0, 0.05) is 13.5 Å². The lowest BCUT2D eigenvalue weighted by Crippen LogP contribution is -2.37. The van der Waals surface area contributed by atoms with Crippen molar-refractivity contribution >= 4 is 5.78 Å². The first kappa shape index (κ1) is 13.9. The second-order valence-corrected chi connectivity index (χ2v) is 5.55. The molecule has 0 aliphatic carbocycles. The molecule has 0 heterocycles. The summed E-state index contributed by atoms with van der Waals surface area (Å²) in [5.74, 6) is 0.148. The fourth-order valence-electron chi connectivity index (χ4n) is 2.06. The lowest BCUT2D eigenvalue weighted by atomic mass is 9.84. The first-order valence-corrected chi connectivity index (χ1v) is 5.96. The molecule has 0 aliphatic heterocycles. The summed E-state index contributed by atoms with van der Waals surface area (Å²) in [6.07, 6.45) is 0.102. The van der Waals surface area contributed by atoms with Crippen LogP contribution in [0.25, 0.3) is 0 Å². The topological polar surface area (TPSA) is 26.3 Å². The normalized spacial score (nSPS) is 13.5. The number of ketones is 1. The van der Waals surface area contributed by atoms with Crippen molar-refractivity contribution in [1.29, 1.82) is 0 Å². The molecule has 1 rings (SSSR count). The first-order valence-electron chi connectivity index (χ1n) is 5.96. The van der Waals surface area contributed by atoms with Crippen molar-refractivity contribution in [1.82, 2.24) is 0 Å². The van der Waals surface area contributed by atoms with Crippen LogP contribution < -0.4 is 0 Å². The van der Waals surface area contributed by atoms with Crippen LogP contribution in [0.15, 0.2) is 24.3 Å². The standard InChI is InChI=1S/C15H22O2/c1-11-8-6-7-9-12(11)10-13(16)14(17-5)15(2,3)4/h6-9,14H,10H2,1-5H3. The summed E-state index contributed by atoms with van der Waals surface area (Å²) < 4.78 is 5.34. The molecule has 0 bridgehead atoms. The third kappa shape index (κ3) is 3.67. The van der Waals surface area contributed by atoms with Gasteiger partial charge in [-0.25, -0.2) is 0 Å². The predicted molar refractivity (Wildman–Crippen MR) is 70.1 cm³/mol. The van der Waals surface area contributed by atoms with Gasteiger partial charge in [-0.2, -0.15) is 0 Å². The van der Waals surface area contributed by atoms with E-state index in [1.165, 1.54) is 0 Å². The molecule has 94 valence electrons. The van der Waals surface area contributed by atoms with E-state index in [0.717, 1.165) is 11.1 Å². The van der Waals surface area contributed by atoms with Gasteiger partial charge in [-0.1, -0.05) is 45.0 Å². The average Bonchev–Trinajstić information content (AvgIpc) is 2.20. The van der Waals surface area contributed by atoms with E-state index in [1.807, 2.05) is 52.0 Å². The van der Waals surface area contributed by atoms with Crippen LogP contribution >= 0.6 is 0 Å². The van der Waals surface area contributed by atoms with Crippen molar-refractivity contribution in [2.24, 2.45) is 5.41 Å². The third-order valence-corrected chi connectivity index (χ3v) is 2.94. The molecule has 2 heteroatoms. The summed E-state index contributed by atoms with van der Waals surface area (Å²) in [5.41, 5.74) is 2.09. The molecule has 0 radical (unpaired) electrons. The fraction of sp³-hybridized carbons (Fsp3) is 0.533. The lowest BCUT2D eigenvalue weighted by Gasteiger charge is -2.28. The number of hydrogen-bond acceptors (Lipinski definition) is 2. The van der Waals surface area contributed by atoms with Crippen molar-refractivity contribution in [3.05, 3.63) is 35.4 Å². The maximum absolute atomic E-state index is 12.2. The highest BCUT2D eigenvalue weighted by molar-refractivity contribution is 5.86. The van der Waals surface area contributed by atoms with Crippen molar-refractivity contribution in [3.8, 4) is 0 Å². The quantitative estimate of drug-likeness (QED) is 0.800. The van der Waals surface area contributed by atoms with Gasteiger partial charge in [0.05, 0.1) is 0 Å². The molecule has 0 spiro atoms. The van der Waals surface area contributed by atoms with Crippen molar-refractivity contribution in [2.75, 3.05) is 7.11 Å². The Hall–Kier alpha value is -1.15. The second kappa shape index (κ2) is 5.46. The molecule has 0 amide bonds. The molecule has 2 nitrogen and oxygen atoms in total. The lowest BCUT2D eigenvalue weighted by molar-refractivity contribution is -0.134. The number of hydrogen-bond donors (Lipinski definition) is 0. The summed E-state index contributed by atoms with van der Waals surface area (Å²) in [5, 5.41) is 0. The van der Waals surface area contributed by atoms with Crippen LogP contribution in [-0.2, 0) is 16.0 Å². The number of aryl methyl sites for hydroxylation is 1. The molecule has 0 saturated carbocycles. The zero-order chi connectivity index (χ0) is 13.1. The van der Waals surface area contributed by atoms with Gasteiger partial charge in [0.1, 0.15) is 6.10 Å². The number of Topliss-reactive ketones (excluding diaryl/α,β-unsaturated/α-hetero) is 1. The number of ether oxygens (including phenoxy) is 1. The molecular formula is C15H22O2. The summed E-state index contributed by atoms with van der Waals surface area (Å²) in [4.78, 5) is 12.2. The predicted octanol–water partition coefficient (Wildman–Crippen LogP) is 3.17. The van der Waals surface area contributed by atoms with Gasteiger partial charge in [-0.15, -0.1) is 0 Å². The van der Waals surface area contributed by atoms with E-state index < -0.39 is 0 Å². The highest BCUT2D eigenvalue weighted by atomic mass is 16.5. The molecule has 1 atom stereocenters. The highest BCUT2D eigenvalue weighted by Crippen LogP contribution is 2.24. The van der Waals surface area contributed by atoms with Gasteiger partial charge in [-0.05, 0) is 23.5 Å². The van der Waals surface area contributed by atoms with Crippen LogP contribution in [0.5, 0.6) is 0 Å². The molecule has 0 aromatic heterocycles. The second-order valence-electron chi connectivity index (χ2n) is 5.55.